The average molecular weight is 534 g/mol. The van der Waals surface area contributed by atoms with Gasteiger partial charge in [-0.05, 0) is 55.4 Å². The number of aromatic nitrogens is 1. The first-order chi connectivity index (χ1) is 17.5. The lowest BCUT2D eigenvalue weighted by Gasteiger charge is -2.13. The third-order valence-electron chi connectivity index (χ3n) is 5.51. The van der Waals surface area contributed by atoms with Crippen LogP contribution in [0.2, 0.25) is 0 Å². The van der Waals surface area contributed by atoms with Gasteiger partial charge in [0.2, 0.25) is 11.8 Å². The predicted molar refractivity (Wildman–Crippen MR) is 138 cm³/mol. The van der Waals surface area contributed by atoms with E-state index in [0.29, 0.717) is 38.1 Å². The first kappa shape index (κ1) is 29.8. The molecule has 0 unspecified atom stereocenters. The first-order valence-corrected chi connectivity index (χ1v) is 13.8. The van der Waals surface area contributed by atoms with Crippen molar-refractivity contribution in [1.82, 2.24) is 15.0 Å². The summed E-state index contributed by atoms with van der Waals surface area (Å²) in [7, 11) is -4.12. The van der Waals surface area contributed by atoms with Crippen molar-refractivity contribution in [2.75, 3.05) is 6.54 Å². The van der Waals surface area contributed by atoms with Crippen molar-refractivity contribution in [3.8, 4) is 5.88 Å². The average Bonchev–Trinajstić information content (AvgIpc) is 2.86. The molecule has 0 aliphatic rings. The van der Waals surface area contributed by atoms with Gasteiger partial charge in [-0.25, -0.2) is 22.9 Å². The van der Waals surface area contributed by atoms with Crippen LogP contribution in [0.1, 0.15) is 69.3 Å². The smallest absolute Gasteiger partial charge is 0.431 e. The van der Waals surface area contributed by atoms with E-state index in [1.165, 1.54) is 24.3 Å². The number of amides is 2. The molecule has 11 heteroatoms. The summed E-state index contributed by atoms with van der Waals surface area (Å²) in [5, 5.41) is 2.85. The maximum absolute atomic E-state index is 12.6. The molecule has 2 rings (SSSR count). The number of benzene rings is 1. The van der Waals surface area contributed by atoms with Gasteiger partial charge in [0.15, 0.2) is 0 Å². The summed E-state index contributed by atoms with van der Waals surface area (Å²) in [4.78, 5) is 39.8. The highest BCUT2D eigenvalue weighted by molar-refractivity contribution is 7.90. The van der Waals surface area contributed by atoms with E-state index in [1.807, 2.05) is 18.6 Å². The molecule has 1 aromatic carbocycles. The summed E-state index contributed by atoms with van der Waals surface area (Å²) in [6.45, 7) is 8.33. The summed E-state index contributed by atoms with van der Waals surface area (Å²) < 4.78 is 37.4. The van der Waals surface area contributed by atoms with Crippen LogP contribution in [0.4, 0.5) is 4.79 Å². The molecule has 37 heavy (non-hydrogen) atoms. The highest BCUT2D eigenvalue weighted by Gasteiger charge is 2.20. The monoisotopic (exact) mass is 533 g/mol. The van der Waals surface area contributed by atoms with Crippen LogP contribution < -0.4 is 14.8 Å². The van der Waals surface area contributed by atoms with Crippen molar-refractivity contribution < 1.29 is 32.3 Å². The lowest BCUT2D eigenvalue weighted by Crippen LogP contribution is -2.30. The number of ether oxygens (including phenoxy) is 2. The van der Waals surface area contributed by atoms with Gasteiger partial charge in [0, 0.05) is 25.2 Å². The largest absolute Gasteiger partial charge is 0.515 e. The molecule has 0 aliphatic heterocycles. The predicted octanol–water partition coefficient (Wildman–Crippen LogP) is 4.00. The fraction of sp³-hybridized carbons (Fsp3) is 0.462. The van der Waals surface area contributed by atoms with E-state index in [2.05, 4.69) is 24.1 Å². The molecule has 2 aromatic rings. The van der Waals surface area contributed by atoms with Gasteiger partial charge in [-0.3, -0.25) is 9.59 Å². The van der Waals surface area contributed by atoms with Crippen LogP contribution in [0.15, 0.2) is 47.5 Å². The number of hydrogen-bond donors (Lipinski definition) is 2. The van der Waals surface area contributed by atoms with Crippen LogP contribution in [-0.4, -0.2) is 44.0 Å². The number of nitrogens with zero attached hydrogens (tertiary/aromatic N) is 1. The highest BCUT2D eigenvalue weighted by Crippen LogP contribution is 2.14. The lowest BCUT2D eigenvalue weighted by atomic mass is 10.1. The van der Waals surface area contributed by atoms with Gasteiger partial charge < -0.3 is 14.8 Å². The minimum absolute atomic E-state index is 0.00810. The summed E-state index contributed by atoms with van der Waals surface area (Å²) >= 11 is 0. The van der Waals surface area contributed by atoms with Gasteiger partial charge in [-0.2, -0.15) is 0 Å². The molecule has 0 radical (unpaired) electrons. The molecule has 0 saturated heterocycles. The Bertz CT molecular complexity index is 1140. The van der Waals surface area contributed by atoms with E-state index >= 15 is 0 Å². The van der Waals surface area contributed by atoms with Crippen molar-refractivity contribution >= 4 is 28.0 Å². The van der Waals surface area contributed by atoms with Crippen LogP contribution in [0.25, 0.3) is 0 Å². The Hall–Kier alpha value is -3.47. The van der Waals surface area contributed by atoms with Crippen LogP contribution in [0.5, 0.6) is 5.88 Å². The number of hydrogen-bond acceptors (Lipinski definition) is 8. The fourth-order valence-electron chi connectivity index (χ4n) is 3.21. The zero-order valence-corrected chi connectivity index (χ0v) is 22.5. The second-order valence-electron chi connectivity index (χ2n) is 8.90. The van der Waals surface area contributed by atoms with Crippen molar-refractivity contribution in [2.24, 2.45) is 5.92 Å². The van der Waals surface area contributed by atoms with Gasteiger partial charge in [0.1, 0.15) is 6.10 Å². The molecule has 0 spiro atoms. The Morgan fingerprint density at radius 2 is 1.68 bits per heavy atom. The molecule has 2 N–H and O–H groups in total. The standard InChI is InChI=1S/C26H35N3O7S/c1-5-21(6-2)35-26(32)36-24-14-10-20(17-28-24)25(31)29-37(33,34)22-11-8-19(9-12-22)15-16-27-23(30)13-7-18(3)4/h8-12,14,17-18,21H,5-7,13,15-16H2,1-4H3,(H,27,30)(H,29,31). The molecule has 202 valence electrons. The minimum atomic E-state index is -4.12. The first-order valence-electron chi connectivity index (χ1n) is 12.3. The highest BCUT2D eigenvalue weighted by atomic mass is 32.2. The van der Waals surface area contributed by atoms with Crippen LogP contribution in [0, 0.1) is 5.92 Å². The van der Waals surface area contributed by atoms with Crippen molar-refractivity contribution in [3.05, 3.63) is 53.7 Å². The summed E-state index contributed by atoms with van der Waals surface area (Å²) in [6.07, 6.45) is 3.07. The SMILES string of the molecule is CCC(CC)OC(=O)Oc1ccc(C(=O)NS(=O)(=O)c2ccc(CCNC(=O)CCC(C)C)cc2)cn1. The summed E-state index contributed by atoms with van der Waals surface area (Å²) in [6, 6.07) is 8.61. The maximum atomic E-state index is 12.6. The van der Waals surface area contributed by atoms with Gasteiger partial charge in [0.05, 0.1) is 10.5 Å². The van der Waals surface area contributed by atoms with Gasteiger partial charge in [-0.1, -0.05) is 39.8 Å². The molecule has 0 saturated carbocycles. The van der Waals surface area contributed by atoms with E-state index in [4.69, 9.17) is 9.47 Å². The van der Waals surface area contributed by atoms with Crippen molar-refractivity contribution in [3.63, 3.8) is 0 Å². The number of pyridine rings is 1. The quantitative estimate of drug-likeness (QED) is 0.368. The Morgan fingerprint density at radius 1 is 1.00 bits per heavy atom. The van der Waals surface area contributed by atoms with Gasteiger partial charge in [-0.15, -0.1) is 0 Å². The number of sulfonamides is 1. The topological polar surface area (TPSA) is 141 Å². The second kappa shape index (κ2) is 14.3. The molecule has 0 fully saturated rings. The molecule has 1 heterocycles. The molecule has 2 amide bonds. The minimum Gasteiger partial charge on any atom is -0.431 e. The van der Waals surface area contributed by atoms with E-state index < -0.39 is 22.1 Å². The van der Waals surface area contributed by atoms with Crippen LogP contribution >= 0.6 is 0 Å². The van der Waals surface area contributed by atoms with E-state index in [1.54, 1.807) is 12.1 Å². The molecular formula is C26H35N3O7S. The number of carbonyl (C=O) groups is 3. The Labute approximate surface area is 218 Å². The molecule has 1 aromatic heterocycles. The Kier molecular flexibility index (Phi) is 11.5. The normalized spacial score (nSPS) is 11.3. The molecule has 0 bridgehead atoms. The molecule has 0 atom stereocenters. The van der Waals surface area contributed by atoms with Crippen molar-refractivity contribution in [2.45, 2.75) is 70.8 Å². The third-order valence-corrected chi connectivity index (χ3v) is 6.85. The number of carbonyl (C=O) groups excluding carboxylic acids is 3. The molecule has 0 aliphatic carbocycles. The fourth-order valence-corrected chi connectivity index (χ4v) is 4.18. The van der Waals surface area contributed by atoms with Crippen molar-refractivity contribution in [1.29, 1.82) is 0 Å². The molecular weight excluding hydrogens is 498 g/mol. The number of rotatable bonds is 13. The Morgan fingerprint density at radius 3 is 2.24 bits per heavy atom. The van der Waals surface area contributed by atoms with Crippen LogP contribution in [-0.2, 0) is 26.0 Å². The van der Waals surface area contributed by atoms with E-state index in [-0.39, 0.29) is 28.4 Å². The van der Waals surface area contributed by atoms with Gasteiger partial charge >= 0.3 is 6.16 Å². The van der Waals surface area contributed by atoms with E-state index in [9.17, 15) is 22.8 Å². The third kappa shape index (κ3) is 10.2. The second-order valence-corrected chi connectivity index (χ2v) is 10.6. The van der Waals surface area contributed by atoms with Gasteiger partial charge in [0.25, 0.3) is 15.9 Å². The summed E-state index contributed by atoms with van der Waals surface area (Å²) in [5.41, 5.74) is 0.811. The lowest BCUT2D eigenvalue weighted by molar-refractivity contribution is -0.121. The van der Waals surface area contributed by atoms with E-state index in [0.717, 1.165) is 18.2 Å². The number of nitrogens with one attached hydrogen (secondary N) is 2. The Balaban J connectivity index is 1.89. The molecule has 10 nitrogen and oxygen atoms in total. The zero-order valence-electron chi connectivity index (χ0n) is 21.7. The zero-order chi connectivity index (χ0) is 27.4. The maximum Gasteiger partial charge on any atom is 0.515 e. The van der Waals surface area contributed by atoms with Crippen LogP contribution in [0.3, 0.4) is 0 Å². The summed E-state index contributed by atoms with van der Waals surface area (Å²) in [5.74, 6) is -0.514.